The minimum Gasteiger partial charge on any atom is -0.365 e. The molecular formula is C19H23N3O3S. The van der Waals surface area contributed by atoms with Gasteiger partial charge in [0.15, 0.2) is 5.78 Å². The number of amides is 2. The highest BCUT2D eigenvalue weighted by Crippen LogP contribution is 2.39. The van der Waals surface area contributed by atoms with Gasteiger partial charge in [0.05, 0.1) is 5.56 Å². The number of nitrogens with one attached hydrogen (secondary N) is 2. The molecule has 1 aliphatic carbocycles. The Balaban J connectivity index is 1.97. The number of Topliss-reactive ketones (excluding diaryl/α,β-unsaturated/α-hetero) is 1. The van der Waals surface area contributed by atoms with Crippen LogP contribution in [0.1, 0.15) is 73.2 Å². The molecule has 26 heavy (non-hydrogen) atoms. The van der Waals surface area contributed by atoms with Crippen LogP contribution in [-0.2, 0) is 12.8 Å². The number of rotatable bonds is 4. The Hall–Kier alpha value is -2.41. The van der Waals surface area contributed by atoms with E-state index in [0.717, 1.165) is 29.7 Å². The third-order valence-electron chi connectivity index (χ3n) is 5.00. The number of carbonyl (C=O) groups excluding carboxylic acids is 3. The van der Waals surface area contributed by atoms with Gasteiger partial charge in [-0.05, 0) is 57.1 Å². The number of aromatic amines is 1. The molecule has 0 aromatic carbocycles. The average molecular weight is 373 g/mol. The Morgan fingerprint density at radius 3 is 2.50 bits per heavy atom. The van der Waals surface area contributed by atoms with Gasteiger partial charge >= 0.3 is 0 Å². The second kappa shape index (κ2) is 6.72. The van der Waals surface area contributed by atoms with Gasteiger partial charge in [-0.1, -0.05) is 6.92 Å². The summed E-state index contributed by atoms with van der Waals surface area (Å²) < 4.78 is 0. The first-order valence-corrected chi connectivity index (χ1v) is 9.48. The van der Waals surface area contributed by atoms with Crippen LogP contribution in [0.15, 0.2) is 0 Å². The molecule has 1 aliphatic rings. The van der Waals surface area contributed by atoms with Crippen LogP contribution in [0.5, 0.6) is 0 Å². The second-order valence-corrected chi connectivity index (χ2v) is 8.16. The van der Waals surface area contributed by atoms with Crippen molar-refractivity contribution in [3.8, 4) is 0 Å². The summed E-state index contributed by atoms with van der Waals surface area (Å²) in [5.41, 5.74) is 9.14. The van der Waals surface area contributed by atoms with E-state index < -0.39 is 5.91 Å². The molecule has 0 aliphatic heterocycles. The molecule has 1 atom stereocenters. The standard InChI is InChI=1S/C19H23N3O3S/c1-8-5-6-12-13(7-8)26-19(15(12)17(20)24)22-18(25)16-9(2)14(11(4)23)10(3)21-16/h8,21H,5-7H2,1-4H3,(H2,20,24)(H,22,25)/t8-/m0/s1. The molecule has 2 heterocycles. The number of anilines is 1. The molecule has 2 aromatic rings. The van der Waals surface area contributed by atoms with Gasteiger partial charge in [0.1, 0.15) is 10.7 Å². The normalized spacial score (nSPS) is 16.2. The predicted octanol–water partition coefficient (Wildman–Crippen LogP) is 3.37. The summed E-state index contributed by atoms with van der Waals surface area (Å²) in [4.78, 5) is 40.7. The summed E-state index contributed by atoms with van der Waals surface area (Å²) in [7, 11) is 0. The minimum absolute atomic E-state index is 0.0892. The van der Waals surface area contributed by atoms with Crippen molar-refractivity contribution in [3.05, 3.63) is 38.5 Å². The number of ketones is 1. The van der Waals surface area contributed by atoms with Crippen LogP contribution in [0, 0.1) is 19.8 Å². The van der Waals surface area contributed by atoms with E-state index in [-0.39, 0.29) is 11.7 Å². The Bertz CT molecular complexity index is 923. The molecule has 138 valence electrons. The smallest absolute Gasteiger partial charge is 0.273 e. The van der Waals surface area contributed by atoms with Gasteiger partial charge in [0.2, 0.25) is 0 Å². The van der Waals surface area contributed by atoms with Gasteiger partial charge in [0.25, 0.3) is 11.8 Å². The third-order valence-corrected chi connectivity index (χ3v) is 6.17. The molecule has 2 aromatic heterocycles. The number of thiophene rings is 1. The lowest BCUT2D eigenvalue weighted by molar-refractivity contribution is 0.0995. The van der Waals surface area contributed by atoms with Gasteiger partial charge in [-0.3, -0.25) is 14.4 Å². The molecule has 3 rings (SSSR count). The van der Waals surface area contributed by atoms with Crippen LogP contribution in [0.3, 0.4) is 0 Å². The maximum Gasteiger partial charge on any atom is 0.273 e. The number of aryl methyl sites for hydroxylation is 1. The molecule has 0 radical (unpaired) electrons. The van der Waals surface area contributed by atoms with Crippen molar-refractivity contribution in [2.24, 2.45) is 11.7 Å². The molecule has 0 bridgehead atoms. The molecular weight excluding hydrogens is 350 g/mol. The van der Waals surface area contributed by atoms with E-state index in [1.807, 2.05) is 0 Å². The van der Waals surface area contributed by atoms with Crippen molar-refractivity contribution in [1.82, 2.24) is 4.98 Å². The van der Waals surface area contributed by atoms with Crippen molar-refractivity contribution in [2.45, 2.75) is 47.0 Å². The van der Waals surface area contributed by atoms with E-state index in [2.05, 4.69) is 17.2 Å². The highest BCUT2D eigenvalue weighted by molar-refractivity contribution is 7.17. The predicted molar refractivity (Wildman–Crippen MR) is 102 cm³/mol. The van der Waals surface area contributed by atoms with E-state index in [9.17, 15) is 14.4 Å². The monoisotopic (exact) mass is 373 g/mol. The summed E-state index contributed by atoms with van der Waals surface area (Å²) in [6.45, 7) is 7.16. The summed E-state index contributed by atoms with van der Waals surface area (Å²) >= 11 is 1.43. The van der Waals surface area contributed by atoms with Crippen LogP contribution < -0.4 is 11.1 Å². The molecule has 2 amide bonds. The van der Waals surface area contributed by atoms with Gasteiger partial charge in [0, 0.05) is 16.1 Å². The number of hydrogen-bond acceptors (Lipinski definition) is 4. The van der Waals surface area contributed by atoms with Crippen molar-refractivity contribution in [1.29, 1.82) is 0 Å². The zero-order valence-electron chi connectivity index (χ0n) is 15.4. The number of nitrogens with two attached hydrogens (primary N) is 1. The van der Waals surface area contributed by atoms with Crippen LogP contribution in [0.25, 0.3) is 0 Å². The number of H-pyrrole nitrogens is 1. The average Bonchev–Trinajstić information content (AvgIpc) is 3.03. The van der Waals surface area contributed by atoms with E-state index in [0.29, 0.717) is 39.0 Å². The Morgan fingerprint density at radius 2 is 1.92 bits per heavy atom. The van der Waals surface area contributed by atoms with E-state index in [4.69, 9.17) is 5.73 Å². The lowest BCUT2D eigenvalue weighted by atomic mass is 9.88. The SMILES string of the molecule is CC(=O)c1c(C)[nH]c(C(=O)Nc2sc3c(c2C(N)=O)CC[C@H](C)C3)c1C. The van der Waals surface area contributed by atoms with Crippen LogP contribution >= 0.6 is 11.3 Å². The summed E-state index contributed by atoms with van der Waals surface area (Å²) in [5, 5.41) is 3.33. The number of hydrogen-bond donors (Lipinski definition) is 3. The maximum absolute atomic E-state index is 12.8. The van der Waals surface area contributed by atoms with Crippen molar-refractivity contribution < 1.29 is 14.4 Å². The molecule has 0 unspecified atom stereocenters. The highest BCUT2D eigenvalue weighted by Gasteiger charge is 2.28. The molecule has 0 spiro atoms. The fraction of sp³-hybridized carbons (Fsp3) is 0.421. The first-order valence-electron chi connectivity index (χ1n) is 8.66. The lowest BCUT2D eigenvalue weighted by Crippen LogP contribution is -2.20. The zero-order chi connectivity index (χ0) is 19.2. The molecule has 0 saturated heterocycles. The first-order chi connectivity index (χ1) is 12.2. The molecule has 6 nitrogen and oxygen atoms in total. The number of aromatic nitrogens is 1. The van der Waals surface area contributed by atoms with Gasteiger partial charge in [-0.2, -0.15) is 0 Å². The van der Waals surface area contributed by atoms with Crippen molar-refractivity contribution in [3.63, 3.8) is 0 Å². The topological polar surface area (TPSA) is 105 Å². The Morgan fingerprint density at radius 1 is 1.23 bits per heavy atom. The summed E-state index contributed by atoms with van der Waals surface area (Å²) in [5.74, 6) is -0.422. The first kappa shape index (κ1) is 18.4. The van der Waals surface area contributed by atoms with E-state index >= 15 is 0 Å². The number of fused-ring (bicyclic) bond motifs is 1. The largest absolute Gasteiger partial charge is 0.365 e. The van der Waals surface area contributed by atoms with E-state index in [1.165, 1.54) is 18.3 Å². The maximum atomic E-state index is 12.8. The van der Waals surface area contributed by atoms with Crippen molar-refractivity contribution >= 4 is 33.9 Å². The van der Waals surface area contributed by atoms with E-state index in [1.54, 1.807) is 13.8 Å². The van der Waals surface area contributed by atoms with Gasteiger partial charge in [-0.15, -0.1) is 11.3 Å². The Labute approximate surface area is 156 Å². The second-order valence-electron chi connectivity index (χ2n) is 7.06. The zero-order valence-corrected chi connectivity index (χ0v) is 16.2. The molecule has 7 heteroatoms. The van der Waals surface area contributed by atoms with Crippen LogP contribution in [-0.4, -0.2) is 22.6 Å². The van der Waals surface area contributed by atoms with Crippen molar-refractivity contribution in [2.75, 3.05) is 5.32 Å². The van der Waals surface area contributed by atoms with Crippen LogP contribution in [0.4, 0.5) is 5.00 Å². The fourth-order valence-corrected chi connectivity index (χ4v) is 5.18. The quantitative estimate of drug-likeness (QED) is 0.716. The summed E-state index contributed by atoms with van der Waals surface area (Å²) in [6, 6.07) is 0. The van der Waals surface area contributed by atoms with Crippen LogP contribution in [0.2, 0.25) is 0 Å². The fourth-order valence-electron chi connectivity index (χ4n) is 3.77. The summed E-state index contributed by atoms with van der Waals surface area (Å²) in [6.07, 6.45) is 2.70. The van der Waals surface area contributed by atoms with Gasteiger partial charge in [-0.25, -0.2) is 0 Å². The molecule has 0 saturated carbocycles. The molecule has 4 N–H and O–H groups in total. The number of primary amides is 1. The lowest BCUT2D eigenvalue weighted by Gasteiger charge is -2.18. The third kappa shape index (κ3) is 3.07. The number of carbonyl (C=O) groups is 3. The van der Waals surface area contributed by atoms with Gasteiger partial charge < -0.3 is 16.0 Å². The highest BCUT2D eigenvalue weighted by atomic mass is 32.1. The minimum atomic E-state index is -0.517. The molecule has 0 fully saturated rings. The Kier molecular flexibility index (Phi) is 4.75.